The third-order valence-electron chi connectivity index (χ3n) is 6.30. The van der Waals surface area contributed by atoms with E-state index in [1.807, 2.05) is 44.2 Å². The highest BCUT2D eigenvalue weighted by Crippen LogP contribution is 2.22. The van der Waals surface area contributed by atoms with Crippen molar-refractivity contribution in [2.24, 2.45) is 5.92 Å². The molecular formula is C32H52N2O7. The molecule has 0 saturated heterocycles. The van der Waals surface area contributed by atoms with Crippen LogP contribution in [0.15, 0.2) is 30.3 Å². The number of aryl methyl sites for hydroxylation is 1. The van der Waals surface area contributed by atoms with Gasteiger partial charge in [0.2, 0.25) is 5.91 Å². The van der Waals surface area contributed by atoms with E-state index in [0.29, 0.717) is 19.5 Å². The van der Waals surface area contributed by atoms with Crippen LogP contribution in [0.4, 0.5) is 4.79 Å². The minimum atomic E-state index is -1.13. The van der Waals surface area contributed by atoms with Gasteiger partial charge >= 0.3 is 18.0 Å². The number of rotatable bonds is 14. The van der Waals surface area contributed by atoms with E-state index in [0.717, 1.165) is 18.4 Å². The lowest BCUT2D eigenvalue weighted by Gasteiger charge is -2.37. The zero-order valence-corrected chi connectivity index (χ0v) is 26.8. The number of carbonyl (C=O) groups excluding carboxylic acids is 4. The Bertz CT molecular complexity index is 982. The van der Waals surface area contributed by atoms with Gasteiger partial charge in [0.25, 0.3) is 0 Å². The van der Waals surface area contributed by atoms with Crippen LogP contribution in [0.25, 0.3) is 0 Å². The van der Waals surface area contributed by atoms with Crippen molar-refractivity contribution in [2.75, 3.05) is 19.7 Å². The molecule has 1 aromatic rings. The molecule has 3 atom stereocenters. The van der Waals surface area contributed by atoms with Crippen LogP contribution in [0.3, 0.4) is 0 Å². The van der Waals surface area contributed by atoms with E-state index in [-0.39, 0.29) is 18.9 Å². The van der Waals surface area contributed by atoms with Crippen molar-refractivity contribution < 1.29 is 33.4 Å². The number of ether oxygens (including phenoxy) is 3. The number of nitrogens with zero attached hydrogens (tertiary/aromatic N) is 2. The maximum atomic E-state index is 13.7. The predicted molar refractivity (Wildman–Crippen MR) is 159 cm³/mol. The molecule has 2 amide bonds. The number of unbranched alkanes of at least 4 members (excludes halogenated alkanes) is 1. The fraction of sp³-hybridized carbons (Fsp3) is 0.688. The summed E-state index contributed by atoms with van der Waals surface area (Å²) in [6.45, 7) is 18.4. The van der Waals surface area contributed by atoms with E-state index in [4.69, 9.17) is 14.2 Å². The zero-order valence-electron chi connectivity index (χ0n) is 26.8. The SMILES string of the molecule is CCCCN(CC)C(=O)C(C)N(C(=O)OC(C)(C)C)C(CCc1ccccc1)C(=O)OCC(C)C(=O)OC(C)(C)C. The van der Waals surface area contributed by atoms with Crippen LogP contribution in [-0.2, 0) is 35.0 Å². The standard InChI is InChI=1S/C32H52N2O7/c1-11-13-21-33(12-2)27(35)24(4)34(30(38)41-32(8,9)10)26(20-19-25-17-15-14-16-18-25)29(37)39-22-23(3)28(36)40-31(5,6)7/h14-18,23-24,26H,11-13,19-22H2,1-10H3. The third kappa shape index (κ3) is 13.0. The number of benzene rings is 1. The molecule has 0 aromatic heterocycles. The van der Waals surface area contributed by atoms with Crippen molar-refractivity contribution in [3.63, 3.8) is 0 Å². The first-order chi connectivity index (χ1) is 19.0. The summed E-state index contributed by atoms with van der Waals surface area (Å²) in [6, 6.07) is 7.45. The van der Waals surface area contributed by atoms with Crippen molar-refractivity contribution in [3.05, 3.63) is 35.9 Å². The second kappa shape index (κ2) is 16.4. The Kier molecular flexibility index (Phi) is 14.3. The first-order valence-electron chi connectivity index (χ1n) is 14.7. The monoisotopic (exact) mass is 576 g/mol. The summed E-state index contributed by atoms with van der Waals surface area (Å²) in [4.78, 5) is 56.4. The van der Waals surface area contributed by atoms with E-state index >= 15 is 0 Å². The van der Waals surface area contributed by atoms with Gasteiger partial charge in [0.1, 0.15) is 29.9 Å². The average molecular weight is 577 g/mol. The Morgan fingerprint density at radius 1 is 0.854 bits per heavy atom. The lowest BCUT2D eigenvalue weighted by atomic mass is 10.0. The lowest BCUT2D eigenvalue weighted by molar-refractivity contribution is -0.164. The number of hydrogen-bond acceptors (Lipinski definition) is 7. The van der Waals surface area contributed by atoms with Gasteiger partial charge in [-0.15, -0.1) is 0 Å². The summed E-state index contributed by atoms with van der Waals surface area (Å²) in [5.41, 5.74) is -0.572. The van der Waals surface area contributed by atoms with Crippen LogP contribution < -0.4 is 0 Å². The van der Waals surface area contributed by atoms with Crippen LogP contribution in [-0.4, -0.2) is 76.7 Å². The molecule has 9 heteroatoms. The van der Waals surface area contributed by atoms with Crippen molar-refractivity contribution in [1.29, 1.82) is 0 Å². The van der Waals surface area contributed by atoms with Gasteiger partial charge in [0, 0.05) is 13.1 Å². The smallest absolute Gasteiger partial charge is 0.411 e. The predicted octanol–water partition coefficient (Wildman–Crippen LogP) is 5.78. The molecule has 232 valence electrons. The highest BCUT2D eigenvalue weighted by Gasteiger charge is 2.41. The molecule has 0 aliphatic carbocycles. The Balaban J connectivity index is 3.39. The fourth-order valence-corrected chi connectivity index (χ4v) is 4.12. The molecule has 0 heterocycles. The highest BCUT2D eigenvalue weighted by atomic mass is 16.6. The second-order valence-electron chi connectivity index (χ2n) is 12.4. The highest BCUT2D eigenvalue weighted by molar-refractivity contribution is 5.89. The van der Waals surface area contributed by atoms with Crippen LogP contribution in [0.2, 0.25) is 0 Å². The maximum absolute atomic E-state index is 13.7. The summed E-state index contributed by atoms with van der Waals surface area (Å²) in [5, 5.41) is 0. The molecule has 3 unspecified atom stereocenters. The third-order valence-corrected chi connectivity index (χ3v) is 6.30. The summed E-state index contributed by atoms with van der Waals surface area (Å²) >= 11 is 0. The molecule has 0 aliphatic rings. The zero-order chi connectivity index (χ0) is 31.4. The van der Waals surface area contributed by atoms with Gasteiger partial charge in [-0.2, -0.15) is 0 Å². The first kappa shape index (κ1) is 35.9. The summed E-state index contributed by atoms with van der Waals surface area (Å²) in [5.74, 6) is -2.19. The van der Waals surface area contributed by atoms with E-state index in [2.05, 4.69) is 0 Å². The van der Waals surface area contributed by atoms with Gasteiger partial charge in [-0.1, -0.05) is 43.7 Å². The van der Waals surface area contributed by atoms with E-state index in [1.54, 1.807) is 60.3 Å². The second-order valence-corrected chi connectivity index (χ2v) is 12.4. The Labute approximate surface area is 246 Å². The summed E-state index contributed by atoms with van der Waals surface area (Å²) in [7, 11) is 0. The van der Waals surface area contributed by atoms with Gasteiger partial charge in [-0.3, -0.25) is 14.5 Å². The minimum Gasteiger partial charge on any atom is -0.463 e. The molecule has 41 heavy (non-hydrogen) atoms. The van der Waals surface area contributed by atoms with Crippen molar-refractivity contribution in [2.45, 2.75) is 118 Å². The van der Waals surface area contributed by atoms with Gasteiger partial charge < -0.3 is 19.1 Å². The molecule has 0 spiro atoms. The first-order valence-corrected chi connectivity index (χ1v) is 14.7. The van der Waals surface area contributed by atoms with Crippen LogP contribution >= 0.6 is 0 Å². The minimum absolute atomic E-state index is 0.196. The summed E-state index contributed by atoms with van der Waals surface area (Å²) < 4.78 is 16.7. The molecule has 0 N–H and O–H groups in total. The van der Waals surface area contributed by atoms with Gasteiger partial charge in [0.05, 0.1) is 5.92 Å². The maximum Gasteiger partial charge on any atom is 0.411 e. The summed E-state index contributed by atoms with van der Waals surface area (Å²) in [6.07, 6.45) is 1.61. The van der Waals surface area contributed by atoms with Crippen LogP contribution in [0, 0.1) is 5.92 Å². The topological polar surface area (TPSA) is 102 Å². The molecule has 0 bridgehead atoms. The van der Waals surface area contributed by atoms with Crippen molar-refractivity contribution >= 4 is 23.9 Å². The molecule has 0 aliphatic heterocycles. The number of esters is 2. The molecular weight excluding hydrogens is 524 g/mol. The van der Waals surface area contributed by atoms with Crippen molar-refractivity contribution in [1.82, 2.24) is 9.80 Å². The Morgan fingerprint density at radius 2 is 1.44 bits per heavy atom. The number of carbonyl (C=O) groups is 4. The normalized spacial score (nSPS) is 13.9. The van der Waals surface area contributed by atoms with E-state index in [1.165, 1.54) is 4.90 Å². The average Bonchev–Trinajstić information content (AvgIpc) is 2.87. The lowest BCUT2D eigenvalue weighted by Crippen LogP contribution is -2.57. The van der Waals surface area contributed by atoms with Gasteiger partial charge in [0.15, 0.2) is 0 Å². The molecule has 0 radical (unpaired) electrons. The number of hydrogen-bond donors (Lipinski definition) is 0. The van der Waals surface area contributed by atoms with E-state index < -0.39 is 47.2 Å². The molecule has 0 saturated carbocycles. The van der Waals surface area contributed by atoms with Crippen molar-refractivity contribution in [3.8, 4) is 0 Å². The Morgan fingerprint density at radius 3 is 1.95 bits per heavy atom. The Hall–Kier alpha value is -3.10. The van der Waals surface area contributed by atoms with Gasteiger partial charge in [-0.05, 0) is 87.1 Å². The molecule has 0 fully saturated rings. The van der Waals surface area contributed by atoms with E-state index in [9.17, 15) is 19.2 Å². The number of likely N-dealkylation sites (N-methyl/N-ethyl adjacent to an activating group) is 1. The molecule has 1 aromatic carbocycles. The van der Waals surface area contributed by atoms with Gasteiger partial charge in [-0.25, -0.2) is 9.59 Å². The fourth-order valence-electron chi connectivity index (χ4n) is 4.12. The van der Waals surface area contributed by atoms with Crippen LogP contribution in [0.1, 0.15) is 94.1 Å². The molecule has 1 rings (SSSR count). The largest absolute Gasteiger partial charge is 0.463 e. The quantitative estimate of drug-likeness (QED) is 0.204. The number of amides is 2. The molecule has 9 nitrogen and oxygen atoms in total. The van der Waals surface area contributed by atoms with Crippen LogP contribution in [0.5, 0.6) is 0 Å².